The number of unbranched alkanes of at least 4 members (excludes halogenated alkanes) is 3. The maximum atomic E-state index is 14.3. The normalized spacial score (nSPS) is 12.5. The molecule has 1 aromatic heterocycles. The second kappa shape index (κ2) is 13.0. The summed E-state index contributed by atoms with van der Waals surface area (Å²) in [5.74, 6) is -0.212. The van der Waals surface area contributed by atoms with Crippen LogP contribution in [0.3, 0.4) is 0 Å². The van der Waals surface area contributed by atoms with Crippen LogP contribution in [0.25, 0.3) is 28.2 Å². The number of allylic oxidation sites excluding steroid dienone is 2. The molecule has 1 unspecified atom stereocenters. The molecule has 0 spiro atoms. The maximum Gasteiger partial charge on any atom is 0.127 e. The van der Waals surface area contributed by atoms with Gasteiger partial charge in [0.05, 0.1) is 29.0 Å². The summed E-state index contributed by atoms with van der Waals surface area (Å²) in [4.78, 5) is 9.27. The number of benzene rings is 2. The van der Waals surface area contributed by atoms with Crippen molar-refractivity contribution in [1.82, 2.24) is 9.97 Å². The van der Waals surface area contributed by atoms with Crippen LogP contribution in [0.5, 0.6) is 0 Å². The van der Waals surface area contributed by atoms with Crippen LogP contribution in [-0.2, 0) is 11.2 Å². The Bertz CT molecular complexity index is 1080. The summed E-state index contributed by atoms with van der Waals surface area (Å²) < 4.78 is 20.2. The lowest BCUT2D eigenvalue weighted by Gasteiger charge is -2.11. The lowest BCUT2D eigenvalue weighted by Crippen LogP contribution is -2.08. The number of aromatic nitrogens is 2. The van der Waals surface area contributed by atoms with Gasteiger partial charge in [-0.2, -0.15) is 0 Å². The van der Waals surface area contributed by atoms with Gasteiger partial charge in [0.2, 0.25) is 0 Å². The molecule has 0 fully saturated rings. The van der Waals surface area contributed by atoms with Crippen LogP contribution in [0.15, 0.2) is 61.3 Å². The summed E-state index contributed by atoms with van der Waals surface area (Å²) in [6, 6.07) is 11.2. The Balaban J connectivity index is 1.55. The second-order valence-electron chi connectivity index (χ2n) is 8.52. The predicted octanol–water partition coefficient (Wildman–Crippen LogP) is 7.94. The van der Waals surface area contributed by atoms with Crippen LogP contribution >= 0.6 is 0 Å². The number of halogens is 1. The van der Waals surface area contributed by atoms with Gasteiger partial charge in [0.25, 0.3) is 0 Å². The fourth-order valence-electron chi connectivity index (χ4n) is 3.78. The quantitative estimate of drug-likeness (QED) is 0.197. The molecule has 0 amide bonds. The smallest absolute Gasteiger partial charge is 0.127 e. The summed E-state index contributed by atoms with van der Waals surface area (Å²) in [5, 5.41) is 0. The van der Waals surface area contributed by atoms with E-state index in [4.69, 9.17) is 9.72 Å². The van der Waals surface area contributed by atoms with Crippen LogP contribution in [0, 0.1) is 5.82 Å². The predicted molar refractivity (Wildman–Crippen MR) is 137 cm³/mol. The molecule has 1 heterocycles. The van der Waals surface area contributed by atoms with E-state index in [-0.39, 0.29) is 5.82 Å². The van der Waals surface area contributed by atoms with Crippen molar-refractivity contribution in [1.29, 1.82) is 0 Å². The average Bonchev–Trinajstić information content (AvgIpc) is 2.82. The van der Waals surface area contributed by atoms with Crippen LogP contribution in [0.1, 0.15) is 63.6 Å². The van der Waals surface area contributed by atoms with Crippen molar-refractivity contribution in [2.75, 3.05) is 6.61 Å². The first-order chi connectivity index (χ1) is 16.1. The van der Waals surface area contributed by atoms with Crippen molar-refractivity contribution in [2.24, 2.45) is 0 Å². The molecule has 0 bridgehead atoms. The van der Waals surface area contributed by atoms with E-state index in [0.717, 1.165) is 60.1 Å². The van der Waals surface area contributed by atoms with E-state index in [1.807, 2.05) is 36.4 Å². The third-order valence-electron chi connectivity index (χ3n) is 5.73. The zero-order chi connectivity index (χ0) is 23.5. The number of ether oxygens (including phenoxy) is 1. The monoisotopic (exact) mass is 446 g/mol. The molecule has 0 saturated carbocycles. The van der Waals surface area contributed by atoms with E-state index in [1.54, 1.807) is 18.3 Å². The molecule has 0 aliphatic carbocycles. The van der Waals surface area contributed by atoms with Crippen LogP contribution in [0.2, 0.25) is 0 Å². The summed E-state index contributed by atoms with van der Waals surface area (Å²) in [6.45, 7) is 8.91. The Morgan fingerprint density at radius 3 is 2.67 bits per heavy atom. The molecule has 174 valence electrons. The van der Waals surface area contributed by atoms with Gasteiger partial charge in [0.15, 0.2) is 0 Å². The molecule has 3 rings (SSSR count). The van der Waals surface area contributed by atoms with Crippen molar-refractivity contribution < 1.29 is 9.13 Å². The Kier molecular flexibility index (Phi) is 9.77. The molecule has 3 nitrogen and oxygen atoms in total. The Labute approximate surface area is 197 Å². The molecule has 2 aromatic carbocycles. The van der Waals surface area contributed by atoms with Crippen LogP contribution in [0.4, 0.5) is 4.39 Å². The Morgan fingerprint density at radius 2 is 1.88 bits per heavy atom. The molecule has 0 aliphatic heterocycles. The van der Waals surface area contributed by atoms with Gasteiger partial charge in [0, 0.05) is 6.61 Å². The fraction of sp³-hybridized carbons (Fsp3) is 0.379. The van der Waals surface area contributed by atoms with E-state index >= 15 is 0 Å². The number of fused-ring (bicyclic) bond motifs is 1. The third-order valence-corrected chi connectivity index (χ3v) is 5.73. The SMILES string of the molecule is C=CCc1ccc(-c2ccc3nc(/C=C/CCCC(C)OCCCCC)cnc3c2)cc1F. The summed E-state index contributed by atoms with van der Waals surface area (Å²) in [7, 11) is 0. The van der Waals surface area contributed by atoms with E-state index in [9.17, 15) is 4.39 Å². The molecular weight excluding hydrogens is 411 g/mol. The zero-order valence-corrected chi connectivity index (χ0v) is 19.9. The van der Waals surface area contributed by atoms with Gasteiger partial charge >= 0.3 is 0 Å². The van der Waals surface area contributed by atoms with Gasteiger partial charge in [-0.3, -0.25) is 4.98 Å². The highest BCUT2D eigenvalue weighted by Gasteiger charge is 2.07. The molecule has 33 heavy (non-hydrogen) atoms. The topological polar surface area (TPSA) is 35.0 Å². The molecular formula is C29H35FN2O. The first-order valence-corrected chi connectivity index (χ1v) is 12.1. The van der Waals surface area contributed by atoms with E-state index in [0.29, 0.717) is 18.1 Å². The number of rotatable bonds is 13. The van der Waals surface area contributed by atoms with Crippen molar-refractivity contribution in [2.45, 2.75) is 64.9 Å². The molecule has 0 N–H and O–H groups in total. The zero-order valence-electron chi connectivity index (χ0n) is 19.9. The minimum atomic E-state index is -0.212. The molecule has 1 atom stereocenters. The summed E-state index contributed by atoms with van der Waals surface area (Å²) >= 11 is 0. The van der Waals surface area contributed by atoms with Gasteiger partial charge in [-0.15, -0.1) is 6.58 Å². The largest absolute Gasteiger partial charge is 0.379 e. The summed E-state index contributed by atoms with van der Waals surface area (Å²) in [6.07, 6.45) is 15.3. The lowest BCUT2D eigenvalue weighted by atomic mass is 10.0. The van der Waals surface area contributed by atoms with E-state index < -0.39 is 0 Å². The standard InChI is InChI=1S/C29H35FN2O/c1-4-6-10-18-33-22(3)12-8-7-9-13-26-21-31-29-20-25(16-17-28(29)32-26)24-15-14-23(11-5-2)27(30)19-24/h5,9,13-17,19-22H,2,4,6-8,10-12,18H2,1,3H3/b13-9+. The van der Waals surface area contributed by atoms with Crippen LogP contribution in [-0.4, -0.2) is 22.7 Å². The first-order valence-electron chi connectivity index (χ1n) is 12.1. The van der Waals surface area contributed by atoms with E-state index in [2.05, 4.69) is 31.5 Å². The number of hydrogen-bond acceptors (Lipinski definition) is 3. The Hall–Kier alpha value is -2.85. The highest BCUT2D eigenvalue weighted by Crippen LogP contribution is 2.25. The first kappa shape index (κ1) is 24.8. The number of hydrogen-bond donors (Lipinski definition) is 0. The minimum Gasteiger partial charge on any atom is -0.379 e. The summed E-state index contributed by atoms with van der Waals surface area (Å²) in [5.41, 5.74) is 4.89. The van der Waals surface area contributed by atoms with Crippen molar-refractivity contribution in [3.05, 3.63) is 78.4 Å². The minimum absolute atomic E-state index is 0.212. The van der Waals surface area contributed by atoms with Crippen molar-refractivity contribution in [3.63, 3.8) is 0 Å². The molecule has 3 aromatic rings. The number of nitrogens with zero attached hydrogens (tertiary/aromatic N) is 2. The Morgan fingerprint density at radius 1 is 1.06 bits per heavy atom. The van der Waals surface area contributed by atoms with Gasteiger partial charge in [-0.25, -0.2) is 9.37 Å². The highest BCUT2D eigenvalue weighted by atomic mass is 19.1. The van der Waals surface area contributed by atoms with Gasteiger partial charge in [-0.05, 0) is 80.0 Å². The molecule has 0 aliphatic rings. The second-order valence-corrected chi connectivity index (χ2v) is 8.52. The van der Waals surface area contributed by atoms with Crippen LogP contribution < -0.4 is 0 Å². The molecule has 0 radical (unpaired) electrons. The lowest BCUT2D eigenvalue weighted by molar-refractivity contribution is 0.0566. The third kappa shape index (κ3) is 7.61. The maximum absolute atomic E-state index is 14.3. The molecule has 0 saturated heterocycles. The van der Waals surface area contributed by atoms with E-state index in [1.165, 1.54) is 12.8 Å². The van der Waals surface area contributed by atoms with Crippen molar-refractivity contribution in [3.8, 4) is 11.1 Å². The van der Waals surface area contributed by atoms with Gasteiger partial charge in [0.1, 0.15) is 5.82 Å². The molecule has 4 heteroatoms. The van der Waals surface area contributed by atoms with Gasteiger partial charge < -0.3 is 4.74 Å². The highest BCUT2D eigenvalue weighted by molar-refractivity contribution is 5.81. The van der Waals surface area contributed by atoms with Gasteiger partial charge in [-0.1, -0.05) is 50.1 Å². The fourth-order valence-corrected chi connectivity index (χ4v) is 3.78. The van der Waals surface area contributed by atoms with Crippen molar-refractivity contribution >= 4 is 17.1 Å². The average molecular weight is 447 g/mol.